The van der Waals surface area contributed by atoms with E-state index in [1.165, 1.54) is 11.9 Å². The van der Waals surface area contributed by atoms with E-state index in [4.69, 9.17) is 0 Å². The molecule has 0 unspecified atom stereocenters. The van der Waals surface area contributed by atoms with Crippen LogP contribution in [0, 0.1) is 0 Å². The standard InChI is InChI=1S/C24H33N3O4S/c1-6-21(24(29)25-4)26(16-19-12-8-7-9-13-19)23(28)17-27(32(5,30)31)22-15-11-10-14-20(22)18(2)3/h7-15,18,21H,6,16-17H2,1-5H3,(H,25,29)/t21-/m0/s1. The molecule has 32 heavy (non-hydrogen) atoms. The van der Waals surface area contributed by atoms with Crippen LogP contribution in [-0.2, 0) is 26.2 Å². The van der Waals surface area contributed by atoms with Gasteiger partial charge in [-0.05, 0) is 29.5 Å². The number of carbonyl (C=O) groups excluding carboxylic acids is 2. The van der Waals surface area contributed by atoms with Crippen molar-refractivity contribution in [2.24, 2.45) is 0 Å². The van der Waals surface area contributed by atoms with Crippen LogP contribution in [0.1, 0.15) is 44.2 Å². The second-order valence-corrected chi connectivity index (χ2v) is 9.94. The van der Waals surface area contributed by atoms with Gasteiger partial charge in [-0.2, -0.15) is 0 Å². The Hall–Kier alpha value is -2.87. The van der Waals surface area contributed by atoms with Gasteiger partial charge in [0.1, 0.15) is 12.6 Å². The molecule has 174 valence electrons. The van der Waals surface area contributed by atoms with Crippen LogP contribution in [0.2, 0.25) is 0 Å². The molecule has 1 atom stereocenters. The number of para-hydroxylation sites is 1. The van der Waals surface area contributed by atoms with Gasteiger partial charge < -0.3 is 10.2 Å². The Morgan fingerprint density at radius 1 is 1.00 bits per heavy atom. The Bertz CT molecular complexity index is 1020. The summed E-state index contributed by atoms with van der Waals surface area (Å²) < 4.78 is 26.6. The van der Waals surface area contributed by atoms with Gasteiger partial charge >= 0.3 is 0 Å². The van der Waals surface area contributed by atoms with Crippen LogP contribution in [0.15, 0.2) is 54.6 Å². The molecule has 0 saturated carbocycles. The highest BCUT2D eigenvalue weighted by Gasteiger charge is 2.32. The van der Waals surface area contributed by atoms with Crippen molar-refractivity contribution in [3.8, 4) is 0 Å². The zero-order valence-corrected chi connectivity index (χ0v) is 20.2. The van der Waals surface area contributed by atoms with Gasteiger partial charge in [0.2, 0.25) is 21.8 Å². The van der Waals surface area contributed by atoms with Crippen molar-refractivity contribution in [1.82, 2.24) is 10.2 Å². The predicted octanol–water partition coefficient (Wildman–Crippen LogP) is 3.13. The molecule has 0 heterocycles. The predicted molar refractivity (Wildman–Crippen MR) is 128 cm³/mol. The zero-order valence-electron chi connectivity index (χ0n) is 19.4. The largest absolute Gasteiger partial charge is 0.357 e. The maximum Gasteiger partial charge on any atom is 0.244 e. The summed E-state index contributed by atoms with van der Waals surface area (Å²) in [5.41, 5.74) is 2.17. The average Bonchev–Trinajstić information content (AvgIpc) is 2.76. The number of nitrogens with zero attached hydrogens (tertiary/aromatic N) is 2. The van der Waals surface area contributed by atoms with Gasteiger partial charge in [-0.3, -0.25) is 13.9 Å². The fourth-order valence-electron chi connectivity index (χ4n) is 3.66. The average molecular weight is 460 g/mol. The number of carbonyl (C=O) groups is 2. The van der Waals surface area contributed by atoms with Crippen molar-refractivity contribution >= 4 is 27.5 Å². The number of nitrogens with one attached hydrogen (secondary N) is 1. The first-order valence-electron chi connectivity index (χ1n) is 10.7. The Morgan fingerprint density at radius 3 is 2.12 bits per heavy atom. The number of sulfonamides is 1. The minimum Gasteiger partial charge on any atom is -0.357 e. The first kappa shape index (κ1) is 25.4. The second-order valence-electron chi connectivity index (χ2n) is 8.03. The monoisotopic (exact) mass is 459 g/mol. The van der Waals surface area contributed by atoms with Crippen LogP contribution in [-0.4, -0.2) is 51.0 Å². The van der Waals surface area contributed by atoms with Crippen LogP contribution >= 0.6 is 0 Å². The molecular weight excluding hydrogens is 426 g/mol. The highest BCUT2D eigenvalue weighted by atomic mass is 32.2. The molecule has 0 bridgehead atoms. The molecule has 0 aromatic heterocycles. The molecule has 0 spiro atoms. The van der Waals surface area contributed by atoms with Crippen LogP contribution in [0.5, 0.6) is 0 Å². The number of rotatable bonds is 10. The van der Waals surface area contributed by atoms with E-state index in [1.807, 2.05) is 63.2 Å². The highest BCUT2D eigenvalue weighted by molar-refractivity contribution is 7.92. The molecule has 0 fully saturated rings. The Balaban J connectivity index is 2.47. The minimum absolute atomic E-state index is 0.0697. The van der Waals surface area contributed by atoms with E-state index >= 15 is 0 Å². The van der Waals surface area contributed by atoms with Crippen LogP contribution in [0.25, 0.3) is 0 Å². The quantitative estimate of drug-likeness (QED) is 0.591. The van der Waals surface area contributed by atoms with E-state index in [0.717, 1.165) is 21.7 Å². The van der Waals surface area contributed by atoms with E-state index in [9.17, 15) is 18.0 Å². The van der Waals surface area contributed by atoms with Crippen molar-refractivity contribution in [3.05, 3.63) is 65.7 Å². The fourth-order valence-corrected chi connectivity index (χ4v) is 4.53. The number of amides is 2. The number of hydrogen-bond acceptors (Lipinski definition) is 4. The number of hydrogen-bond donors (Lipinski definition) is 1. The van der Waals surface area contributed by atoms with Gasteiger partial charge in [0.25, 0.3) is 0 Å². The Kier molecular flexibility index (Phi) is 8.83. The van der Waals surface area contributed by atoms with Gasteiger partial charge in [-0.25, -0.2) is 8.42 Å². The lowest BCUT2D eigenvalue weighted by Crippen LogP contribution is -2.51. The first-order chi connectivity index (χ1) is 15.1. The van der Waals surface area contributed by atoms with E-state index in [0.29, 0.717) is 12.1 Å². The van der Waals surface area contributed by atoms with Crippen LogP contribution in [0.4, 0.5) is 5.69 Å². The Labute approximate surface area is 191 Å². The summed E-state index contributed by atoms with van der Waals surface area (Å²) >= 11 is 0. The lowest BCUT2D eigenvalue weighted by Gasteiger charge is -2.33. The van der Waals surface area contributed by atoms with Crippen molar-refractivity contribution in [1.29, 1.82) is 0 Å². The summed E-state index contributed by atoms with van der Waals surface area (Å²) in [7, 11) is -2.22. The van der Waals surface area contributed by atoms with Gasteiger partial charge in [0.05, 0.1) is 11.9 Å². The van der Waals surface area contributed by atoms with Gasteiger partial charge in [-0.15, -0.1) is 0 Å². The molecule has 7 nitrogen and oxygen atoms in total. The molecule has 2 aromatic rings. The van der Waals surface area contributed by atoms with Crippen molar-refractivity contribution < 1.29 is 18.0 Å². The van der Waals surface area contributed by atoms with Gasteiger partial charge in [0.15, 0.2) is 0 Å². The summed E-state index contributed by atoms with van der Waals surface area (Å²) in [6, 6.07) is 15.8. The summed E-state index contributed by atoms with van der Waals surface area (Å²) in [5.74, 6) is -0.654. The van der Waals surface area contributed by atoms with E-state index in [-0.39, 0.29) is 24.9 Å². The maximum atomic E-state index is 13.5. The lowest BCUT2D eigenvalue weighted by atomic mass is 10.0. The summed E-state index contributed by atoms with van der Waals surface area (Å²) in [4.78, 5) is 27.5. The molecule has 0 aliphatic heterocycles. The number of likely N-dealkylation sites (N-methyl/N-ethyl adjacent to an activating group) is 1. The third-order valence-corrected chi connectivity index (χ3v) is 6.46. The number of benzene rings is 2. The van der Waals surface area contributed by atoms with Crippen LogP contribution < -0.4 is 9.62 Å². The SMILES string of the molecule is CC[C@@H](C(=O)NC)N(Cc1ccccc1)C(=O)CN(c1ccccc1C(C)C)S(C)(=O)=O. The molecule has 0 radical (unpaired) electrons. The third-order valence-electron chi connectivity index (χ3n) is 5.33. The topological polar surface area (TPSA) is 86.8 Å². The van der Waals surface area contributed by atoms with E-state index < -0.39 is 22.0 Å². The minimum atomic E-state index is -3.75. The van der Waals surface area contributed by atoms with Crippen molar-refractivity contribution in [3.63, 3.8) is 0 Å². The highest BCUT2D eigenvalue weighted by Crippen LogP contribution is 2.29. The normalized spacial score (nSPS) is 12.3. The first-order valence-corrected chi connectivity index (χ1v) is 12.6. The maximum absolute atomic E-state index is 13.5. The smallest absolute Gasteiger partial charge is 0.244 e. The molecule has 8 heteroatoms. The Morgan fingerprint density at radius 2 is 1.59 bits per heavy atom. The molecule has 1 N–H and O–H groups in total. The van der Waals surface area contributed by atoms with Gasteiger partial charge in [-0.1, -0.05) is 69.3 Å². The third kappa shape index (κ3) is 6.32. The van der Waals surface area contributed by atoms with Crippen molar-refractivity contribution in [2.45, 2.75) is 45.7 Å². The number of anilines is 1. The van der Waals surface area contributed by atoms with Crippen molar-refractivity contribution in [2.75, 3.05) is 24.2 Å². The summed E-state index contributed by atoms with van der Waals surface area (Å²) in [6.45, 7) is 5.59. The molecule has 0 aliphatic rings. The molecule has 2 amide bonds. The molecular formula is C24H33N3O4S. The van der Waals surface area contributed by atoms with Gasteiger partial charge in [0, 0.05) is 13.6 Å². The summed E-state index contributed by atoms with van der Waals surface area (Å²) in [5, 5.41) is 2.61. The lowest BCUT2D eigenvalue weighted by molar-refractivity contribution is -0.140. The van der Waals surface area contributed by atoms with E-state index in [1.54, 1.807) is 12.1 Å². The van der Waals surface area contributed by atoms with E-state index in [2.05, 4.69) is 5.32 Å². The molecule has 0 saturated heterocycles. The molecule has 2 rings (SSSR count). The second kappa shape index (κ2) is 11.1. The fraction of sp³-hybridized carbons (Fsp3) is 0.417. The molecule has 2 aromatic carbocycles. The molecule has 0 aliphatic carbocycles. The summed E-state index contributed by atoms with van der Waals surface area (Å²) in [6.07, 6.45) is 1.49. The van der Waals surface area contributed by atoms with Crippen LogP contribution in [0.3, 0.4) is 0 Å². The zero-order chi connectivity index (χ0) is 23.9.